The smallest absolute Gasteiger partial charge is 0.339 e. The molecule has 0 aliphatic carbocycles. The Morgan fingerprint density at radius 2 is 2.33 bits per heavy atom. The van der Waals surface area contributed by atoms with E-state index >= 15 is 0 Å². The topological polar surface area (TPSA) is 75.1 Å². The first kappa shape index (κ1) is 12.7. The zero-order chi connectivity index (χ0) is 13.0. The first-order valence-corrected chi connectivity index (χ1v) is 6.32. The van der Waals surface area contributed by atoms with Crippen LogP contribution in [0.4, 0.5) is 0 Å². The van der Waals surface area contributed by atoms with E-state index in [4.69, 9.17) is 5.11 Å². The van der Waals surface area contributed by atoms with Crippen molar-refractivity contribution in [2.24, 2.45) is 0 Å². The maximum absolute atomic E-state index is 11.0. The number of carbonyl (C=O) groups is 1. The number of nitrogens with one attached hydrogen (secondary N) is 1. The molecule has 2 aromatic heterocycles. The number of carboxylic acids is 1. The van der Waals surface area contributed by atoms with Gasteiger partial charge in [-0.3, -0.25) is 0 Å². The van der Waals surface area contributed by atoms with E-state index in [1.54, 1.807) is 11.3 Å². The Morgan fingerprint density at radius 1 is 1.50 bits per heavy atom. The van der Waals surface area contributed by atoms with Crippen LogP contribution in [0.3, 0.4) is 0 Å². The van der Waals surface area contributed by atoms with Crippen molar-refractivity contribution in [3.8, 4) is 0 Å². The van der Waals surface area contributed by atoms with Crippen LogP contribution >= 0.6 is 11.3 Å². The van der Waals surface area contributed by atoms with Gasteiger partial charge < -0.3 is 10.4 Å². The number of carboxylic acid groups (broad SMARTS) is 1. The summed E-state index contributed by atoms with van der Waals surface area (Å²) in [6, 6.07) is 2.06. The number of hydrogen-bond donors (Lipinski definition) is 2. The molecule has 2 heterocycles. The normalized spacial score (nSPS) is 10.5. The van der Waals surface area contributed by atoms with Gasteiger partial charge in [0, 0.05) is 24.2 Å². The van der Waals surface area contributed by atoms with Gasteiger partial charge in [-0.2, -0.15) is 0 Å². The van der Waals surface area contributed by atoms with Gasteiger partial charge in [-0.1, -0.05) is 0 Å². The SMILES string of the molecule is Cc1ccsc1CNCc1ncncc1C(=O)O. The molecular formula is C12H13N3O2S. The Kier molecular flexibility index (Phi) is 4.01. The van der Waals surface area contributed by atoms with Crippen molar-refractivity contribution < 1.29 is 9.90 Å². The highest BCUT2D eigenvalue weighted by molar-refractivity contribution is 7.10. The Morgan fingerprint density at radius 3 is 3.00 bits per heavy atom. The first-order valence-electron chi connectivity index (χ1n) is 5.44. The third kappa shape index (κ3) is 2.91. The van der Waals surface area contributed by atoms with Crippen molar-refractivity contribution in [1.82, 2.24) is 15.3 Å². The van der Waals surface area contributed by atoms with Gasteiger partial charge in [0.05, 0.1) is 5.69 Å². The quantitative estimate of drug-likeness (QED) is 0.860. The molecule has 94 valence electrons. The molecule has 6 heteroatoms. The van der Waals surface area contributed by atoms with Crippen molar-refractivity contribution in [1.29, 1.82) is 0 Å². The highest BCUT2D eigenvalue weighted by Gasteiger charge is 2.10. The summed E-state index contributed by atoms with van der Waals surface area (Å²) in [5, 5.41) is 14.2. The van der Waals surface area contributed by atoms with E-state index in [2.05, 4.69) is 28.3 Å². The molecule has 2 N–H and O–H groups in total. The molecule has 0 aliphatic heterocycles. The predicted molar refractivity (Wildman–Crippen MR) is 68.6 cm³/mol. The molecule has 0 saturated heterocycles. The van der Waals surface area contributed by atoms with E-state index in [1.807, 2.05) is 5.38 Å². The second-order valence-electron chi connectivity index (χ2n) is 3.82. The Labute approximate surface area is 109 Å². The van der Waals surface area contributed by atoms with Gasteiger partial charge in [-0.15, -0.1) is 11.3 Å². The molecule has 0 saturated carbocycles. The average Bonchev–Trinajstić information content (AvgIpc) is 2.76. The summed E-state index contributed by atoms with van der Waals surface area (Å²) in [5.41, 5.74) is 1.90. The first-order chi connectivity index (χ1) is 8.68. The van der Waals surface area contributed by atoms with Gasteiger partial charge in [0.25, 0.3) is 0 Å². The van der Waals surface area contributed by atoms with E-state index in [0.29, 0.717) is 18.8 Å². The lowest BCUT2D eigenvalue weighted by Gasteiger charge is -2.06. The fourth-order valence-corrected chi connectivity index (χ4v) is 2.43. The molecule has 2 aromatic rings. The van der Waals surface area contributed by atoms with Crippen LogP contribution < -0.4 is 5.32 Å². The molecule has 0 radical (unpaired) electrons. The van der Waals surface area contributed by atoms with Crippen LogP contribution in [-0.4, -0.2) is 21.0 Å². The van der Waals surface area contributed by atoms with Gasteiger partial charge in [-0.05, 0) is 23.9 Å². The maximum atomic E-state index is 11.0. The summed E-state index contributed by atoms with van der Waals surface area (Å²) in [6.07, 6.45) is 2.68. The number of nitrogens with zero attached hydrogens (tertiary/aromatic N) is 2. The lowest BCUT2D eigenvalue weighted by Crippen LogP contribution is -2.17. The molecule has 0 fully saturated rings. The molecule has 0 spiro atoms. The molecule has 18 heavy (non-hydrogen) atoms. The van der Waals surface area contributed by atoms with Crippen LogP contribution in [0, 0.1) is 6.92 Å². The summed E-state index contributed by atoms with van der Waals surface area (Å²) in [7, 11) is 0. The van der Waals surface area contributed by atoms with E-state index in [1.165, 1.54) is 23.0 Å². The summed E-state index contributed by atoms with van der Waals surface area (Å²) in [5.74, 6) is -1.00. The second-order valence-corrected chi connectivity index (χ2v) is 4.82. The number of aromatic nitrogens is 2. The van der Waals surface area contributed by atoms with Crippen molar-refractivity contribution >= 4 is 17.3 Å². The van der Waals surface area contributed by atoms with Crippen LogP contribution in [0.5, 0.6) is 0 Å². The maximum Gasteiger partial charge on any atom is 0.339 e. The van der Waals surface area contributed by atoms with Crippen LogP contribution in [0.25, 0.3) is 0 Å². The molecule has 0 atom stereocenters. The summed E-state index contributed by atoms with van der Waals surface area (Å²) in [4.78, 5) is 19.9. The fraction of sp³-hybridized carbons (Fsp3) is 0.250. The lowest BCUT2D eigenvalue weighted by molar-refractivity contribution is 0.0694. The molecule has 0 aliphatic rings. The minimum Gasteiger partial charge on any atom is -0.478 e. The van der Waals surface area contributed by atoms with E-state index in [0.717, 1.165) is 0 Å². The summed E-state index contributed by atoms with van der Waals surface area (Å²) in [6.45, 7) is 3.19. The Balaban J connectivity index is 1.99. The van der Waals surface area contributed by atoms with Gasteiger partial charge in [0.15, 0.2) is 0 Å². The van der Waals surface area contributed by atoms with Gasteiger partial charge in [0.1, 0.15) is 11.9 Å². The third-order valence-corrected chi connectivity index (χ3v) is 3.59. The highest BCUT2D eigenvalue weighted by atomic mass is 32.1. The van der Waals surface area contributed by atoms with Crippen LogP contribution in [0.2, 0.25) is 0 Å². The number of thiophene rings is 1. The number of rotatable bonds is 5. The molecule has 0 bridgehead atoms. The van der Waals surface area contributed by atoms with Crippen molar-refractivity contribution in [2.75, 3.05) is 0 Å². The number of hydrogen-bond acceptors (Lipinski definition) is 5. The third-order valence-electron chi connectivity index (χ3n) is 2.57. The standard InChI is InChI=1S/C12H13N3O2S/c1-8-2-3-18-11(8)6-13-5-10-9(12(16)17)4-14-7-15-10/h2-4,7,13H,5-6H2,1H3,(H,16,17). The number of aryl methyl sites for hydroxylation is 1. The number of aromatic carboxylic acids is 1. The minimum absolute atomic E-state index is 0.146. The van der Waals surface area contributed by atoms with Gasteiger partial charge >= 0.3 is 5.97 Å². The zero-order valence-electron chi connectivity index (χ0n) is 9.88. The molecule has 5 nitrogen and oxygen atoms in total. The molecule has 0 aromatic carbocycles. The molecule has 0 unspecified atom stereocenters. The van der Waals surface area contributed by atoms with Crippen molar-refractivity contribution in [3.63, 3.8) is 0 Å². The van der Waals surface area contributed by atoms with Crippen LogP contribution in [0.1, 0.15) is 26.5 Å². The minimum atomic E-state index is -1.00. The average molecular weight is 263 g/mol. The van der Waals surface area contributed by atoms with Gasteiger partial charge in [0.2, 0.25) is 0 Å². The monoisotopic (exact) mass is 263 g/mol. The van der Waals surface area contributed by atoms with Crippen LogP contribution in [-0.2, 0) is 13.1 Å². The Hall–Kier alpha value is -1.79. The molecular weight excluding hydrogens is 250 g/mol. The van der Waals surface area contributed by atoms with Crippen molar-refractivity contribution in [2.45, 2.75) is 20.0 Å². The second kappa shape index (κ2) is 5.70. The van der Waals surface area contributed by atoms with E-state index in [-0.39, 0.29) is 5.56 Å². The van der Waals surface area contributed by atoms with Crippen LogP contribution in [0.15, 0.2) is 24.0 Å². The highest BCUT2D eigenvalue weighted by Crippen LogP contribution is 2.15. The summed E-state index contributed by atoms with van der Waals surface area (Å²) < 4.78 is 0. The Bertz CT molecular complexity index is 554. The van der Waals surface area contributed by atoms with E-state index in [9.17, 15) is 4.79 Å². The van der Waals surface area contributed by atoms with Crippen molar-refractivity contribution in [3.05, 3.63) is 45.7 Å². The van der Waals surface area contributed by atoms with Gasteiger partial charge in [-0.25, -0.2) is 14.8 Å². The largest absolute Gasteiger partial charge is 0.478 e. The molecule has 0 amide bonds. The predicted octanol–water partition coefficient (Wildman–Crippen LogP) is 1.83. The zero-order valence-corrected chi connectivity index (χ0v) is 10.7. The summed E-state index contributed by atoms with van der Waals surface area (Å²) >= 11 is 1.68. The fourth-order valence-electron chi connectivity index (χ4n) is 1.55. The molecule has 2 rings (SSSR count). The van der Waals surface area contributed by atoms with E-state index < -0.39 is 5.97 Å². The lowest BCUT2D eigenvalue weighted by atomic mass is 10.2.